The Morgan fingerprint density at radius 3 is 2.60 bits per heavy atom. The number of hydrogen-bond donors (Lipinski definition) is 2. The first kappa shape index (κ1) is 14.3. The van der Waals surface area contributed by atoms with E-state index in [1.807, 2.05) is 13.0 Å². The first-order valence-electron chi connectivity index (χ1n) is 6.62. The van der Waals surface area contributed by atoms with Crippen LogP contribution in [0.2, 0.25) is 0 Å². The molecule has 1 fully saturated rings. The first-order chi connectivity index (χ1) is 9.42. The number of aryl methyl sites for hydroxylation is 1. The standard InChI is InChI=1S/C14H19N3O3/c1-10-3-6-15-9-11(10)16-13(20)17-7-4-14(2,5-8-17)12(18)19/h3,6,9H,4-5,7-8H2,1-2H3,(H,16,20)(H,18,19). The van der Waals surface area contributed by atoms with E-state index in [9.17, 15) is 9.59 Å². The molecule has 2 N–H and O–H groups in total. The smallest absolute Gasteiger partial charge is 0.321 e. The molecule has 2 amide bonds. The summed E-state index contributed by atoms with van der Waals surface area (Å²) in [5.74, 6) is -0.791. The number of nitrogens with zero attached hydrogens (tertiary/aromatic N) is 2. The van der Waals surface area contributed by atoms with Crippen molar-refractivity contribution in [2.75, 3.05) is 18.4 Å². The second-order valence-electron chi connectivity index (χ2n) is 5.47. The minimum absolute atomic E-state index is 0.200. The molecule has 0 saturated carbocycles. The Morgan fingerprint density at radius 2 is 2.05 bits per heavy atom. The Hall–Kier alpha value is -2.11. The lowest BCUT2D eigenvalue weighted by Gasteiger charge is -2.36. The third-order valence-electron chi connectivity index (χ3n) is 3.95. The van der Waals surface area contributed by atoms with Gasteiger partial charge in [-0.3, -0.25) is 9.78 Å². The first-order valence-corrected chi connectivity index (χ1v) is 6.62. The number of carbonyl (C=O) groups excluding carboxylic acids is 1. The number of hydrogen-bond acceptors (Lipinski definition) is 3. The number of urea groups is 1. The molecule has 0 aliphatic carbocycles. The maximum absolute atomic E-state index is 12.1. The lowest BCUT2D eigenvalue weighted by molar-refractivity contribution is -0.150. The molecule has 6 heteroatoms. The van der Waals surface area contributed by atoms with E-state index in [1.54, 1.807) is 24.2 Å². The van der Waals surface area contributed by atoms with Crippen molar-refractivity contribution < 1.29 is 14.7 Å². The maximum Gasteiger partial charge on any atom is 0.321 e. The van der Waals surface area contributed by atoms with E-state index in [4.69, 9.17) is 5.11 Å². The highest BCUT2D eigenvalue weighted by Crippen LogP contribution is 2.31. The molecular weight excluding hydrogens is 258 g/mol. The van der Waals surface area contributed by atoms with Crippen LogP contribution in [-0.2, 0) is 4.79 Å². The number of piperidine rings is 1. The van der Waals surface area contributed by atoms with Crippen molar-refractivity contribution in [2.24, 2.45) is 5.41 Å². The van der Waals surface area contributed by atoms with Gasteiger partial charge in [0.05, 0.1) is 17.3 Å². The Kier molecular flexibility index (Phi) is 3.92. The van der Waals surface area contributed by atoms with Crippen LogP contribution in [-0.4, -0.2) is 40.1 Å². The average Bonchev–Trinajstić information content (AvgIpc) is 2.42. The number of amides is 2. The van der Waals surface area contributed by atoms with E-state index in [0.29, 0.717) is 31.6 Å². The molecule has 0 aromatic carbocycles. The normalized spacial score (nSPS) is 17.6. The van der Waals surface area contributed by atoms with Crippen molar-refractivity contribution in [1.29, 1.82) is 0 Å². The highest BCUT2D eigenvalue weighted by atomic mass is 16.4. The zero-order chi connectivity index (χ0) is 14.8. The molecule has 1 aromatic rings. The van der Waals surface area contributed by atoms with E-state index < -0.39 is 11.4 Å². The van der Waals surface area contributed by atoms with Crippen LogP contribution in [0.1, 0.15) is 25.3 Å². The monoisotopic (exact) mass is 277 g/mol. The van der Waals surface area contributed by atoms with Crippen LogP contribution >= 0.6 is 0 Å². The molecule has 0 radical (unpaired) electrons. The number of nitrogens with one attached hydrogen (secondary N) is 1. The summed E-state index contributed by atoms with van der Waals surface area (Å²) in [7, 11) is 0. The number of aliphatic carboxylic acids is 1. The molecule has 20 heavy (non-hydrogen) atoms. The Bertz CT molecular complexity index is 522. The van der Waals surface area contributed by atoms with E-state index in [1.165, 1.54) is 0 Å². The number of rotatable bonds is 2. The van der Waals surface area contributed by atoms with Crippen molar-refractivity contribution in [3.8, 4) is 0 Å². The highest BCUT2D eigenvalue weighted by Gasteiger charge is 2.38. The molecule has 6 nitrogen and oxygen atoms in total. The van der Waals surface area contributed by atoms with E-state index in [-0.39, 0.29) is 6.03 Å². The van der Waals surface area contributed by atoms with Gasteiger partial charge in [0.2, 0.25) is 0 Å². The maximum atomic E-state index is 12.1. The predicted molar refractivity (Wildman–Crippen MR) is 74.5 cm³/mol. The van der Waals surface area contributed by atoms with E-state index in [0.717, 1.165) is 5.56 Å². The van der Waals surface area contributed by atoms with Crippen molar-refractivity contribution in [2.45, 2.75) is 26.7 Å². The number of aromatic nitrogens is 1. The number of carboxylic acids is 1. The molecule has 0 unspecified atom stereocenters. The zero-order valence-electron chi connectivity index (χ0n) is 11.7. The lowest BCUT2D eigenvalue weighted by atomic mass is 9.80. The molecule has 1 aliphatic heterocycles. The van der Waals surface area contributed by atoms with Crippen LogP contribution in [0.5, 0.6) is 0 Å². The molecule has 108 valence electrons. The van der Waals surface area contributed by atoms with Gasteiger partial charge >= 0.3 is 12.0 Å². The molecule has 1 aromatic heterocycles. The molecule has 0 spiro atoms. The van der Waals surface area contributed by atoms with Gasteiger partial charge in [-0.2, -0.15) is 0 Å². The van der Waals surface area contributed by atoms with Gasteiger partial charge in [0.1, 0.15) is 0 Å². The second-order valence-corrected chi connectivity index (χ2v) is 5.47. The number of likely N-dealkylation sites (tertiary alicyclic amines) is 1. The minimum atomic E-state index is -0.791. The number of anilines is 1. The fourth-order valence-electron chi connectivity index (χ4n) is 2.21. The van der Waals surface area contributed by atoms with Gasteiger partial charge in [-0.05, 0) is 38.3 Å². The van der Waals surface area contributed by atoms with Crippen molar-refractivity contribution in [3.63, 3.8) is 0 Å². The summed E-state index contributed by atoms with van der Waals surface area (Å²) in [4.78, 5) is 28.9. The molecule has 2 heterocycles. The van der Waals surface area contributed by atoms with Crippen LogP contribution < -0.4 is 5.32 Å². The fraction of sp³-hybridized carbons (Fsp3) is 0.500. The summed E-state index contributed by atoms with van der Waals surface area (Å²) in [6.45, 7) is 4.53. The van der Waals surface area contributed by atoms with Gasteiger partial charge in [0.25, 0.3) is 0 Å². The van der Waals surface area contributed by atoms with Gasteiger partial charge in [0, 0.05) is 19.3 Å². The van der Waals surface area contributed by atoms with E-state index >= 15 is 0 Å². The van der Waals surface area contributed by atoms with Gasteiger partial charge in [-0.1, -0.05) is 0 Å². The SMILES string of the molecule is Cc1ccncc1NC(=O)N1CCC(C)(C(=O)O)CC1. The van der Waals surface area contributed by atoms with Gasteiger partial charge in [0.15, 0.2) is 0 Å². The summed E-state index contributed by atoms with van der Waals surface area (Å²) in [5.41, 5.74) is 0.908. The minimum Gasteiger partial charge on any atom is -0.481 e. The third kappa shape index (κ3) is 2.89. The summed E-state index contributed by atoms with van der Waals surface area (Å²) in [6, 6.07) is 1.63. The van der Waals surface area contributed by atoms with Crippen LogP contribution in [0.15, 0.2) is 18.5 Å². The molecule has 0 bridgehead atoms. The molecular formula is C14H19N3O3. The number of pyridine rings is 1. The van der Waals surface area contributed by atoms with Crippen molar-refractivity contribution in [3.05, 3.63) is 24.0 Å². The van der Waals surface area contributed by atoms with Crippen LogP contribution in [0.3, 0.4) is 0 Å². The lowest BCUT2D eigenvalue weighted by Crippen LogP contribution is -2.46. The largest absolute Gasteiger partial charge is 0.481 e. The zero-order valence-corrected chi connectivity index (χ0v) is 11.7. The van der Waals surface area contributed by atoms with Crippen LogP contribution in [0, 0.1) is 12.3 Å². The topological polar surface area (TPSA) is 82.5 Å². The van der Waals surface area contributed by atoms with Crippen LogP contribution in [0.25, 0.3) is 0 Å². The second kappa shape index (κ2) is 5.48. The number of carbonyl (C=O) groups is 2. The Morgan fingerprint density at radius 1 is 1.40 bits per heavy atom. The quantitative estimate of drug-likeness (QED) is 0.867. The molecule has 2 rings (SSSR count). The Labute approximate surface area is 117 Å². The van der Waals surface area contributed by atoms with Crippen LogP contribution in [0.4, 0.5) is 10.5 Å². The summed E-state index contributed by atoms with van der Waals surface area (Å²) < 4.78 is 0. The summed E-state index contributed by atoms with van der Waals surface area (Å²) in [5, 5.41) is 12.0. The third-order valence-corrected chi connectivity index (χ3v) is 3.95. The van der Waals surface area contributed by atoms with E-state index in [2.05, 4.69) is 10.3 Å². The molecule has 0 atom stereocenters. The van der Waals surface area contributed by atoms with Gasteiger partial charge < -0.3 is 15.3 Å². The van der Waals surface area contributed by atoms with Gasteiger partial charge in [-0.25, -0.2) is 4.79 Å². The summed E-state index contributed by atoms with van der Waals surface area (Å²) in [6.07, 6.45) is 4.23. The van der Waals surface area contributed by atoms with Crippen molar-refractivity contribution in [1.82, 2.24) is 9.88 Å². The van der Waals surface area contributed by atoms with Crippen molar-refractivity contribution >= 4 is 17.7 Å². The Balaban J connectivity index is 1.96. The highest BCUT2D eigenvalue weighted by molar-refractivity contribution is 5.90. The average molecular weight is 277 g/mol. The molecule has 1 saturated heterocycles. The predicted octanol–water partition coefficient (Wildman–Crippen LogP) is 2.11. The number of carboxylic acid groups (broad SMARTS) is 1. The van der Waals surface area contributed by atoms with Gasteiger partial charge in [-0.15, -0.1) is 0 Å². The summed E-state index contributed by atoms with van der Waals surface area (Å²) >= 11 is 0. The fourth-order valence-corrected chi connectivity index (χ4v) is 2.21. The molecule has 1 aliphatic rings.